The Balaban J connectivity index is 2.21. The molecular weight excluding hydrogens is 553 g/mol. The fourth-order valence-corrected chi connectivity index (χ4v) is 5.89. The maximum Gasteiger partial charge on any atom is 0.490 e. The van der Waals surface area contributed by atoms with E-state index in [1.54, 1.807) is 0 Å². The third-order valence-electron chi connectivity index (χ3n) is 4.15. The zero-order valence-corrected chi connectivity index (χ0v) is 20.7. The third-order valence-corrected chi connectivity index (χ3v) is 7.95. The molecule has 21 heteroatoms. The van der Waals surface area contributed by atoms with Gasteiger partial charge >= 0.3 is 29.2 Å². The lowest BCUT2D eigenvalue weighted by atomic mass is 10.2. The predicted molar refractivity (Wildman–Crippen MR) is 116 cm³/mol. The molecule has 1 fully saturated rings. The largest absolute Gasteiger partial charge is 0.490 e. The molecule has 1 aromatic rings. The van der Waals surface area contributed by atoms with Gasteiger partial charge in [-0.1, -0.05) is 11.8 Å². The first kappa shape index (κ1) is 30.2. The SMILES string of the molecule is N#CCCOC1CC(n2cc(C#CCN)c(=O)[nH]c2=O)OC1COP(=O)(O)OP(=O)(O)OP(=O)(O)O. The summed E-state index contributed by atoms with van der Waals surface area (Å²) in [4.78, 5) is 62.3. The van der Waals surface area contributed by atoms with E-state index in [4.69, 9.17) is 30.3 Å². The number of nitrogens with zero attached hydrogens (tertiary/aromatic N) is 2. The monoisotopic (exact) mass is 574 g/mol. The minimum atomic E-state index is -5.73. The van der Waals surface area contributed by atoms with Crippen molar-refractivity contribution in [2.75, 3.05) is 19.8 Å². The summed E-state index contributed by atoms with van der Waals surface area (Å²) in [5, 5.41) is 8.71. The van der Waals surface area contributed by atoms with Crippen molar-refractivity contribution in [2.24, 2.45) is 5.73 Å². The van der Waals surface area contributed by atoms with Crippen LogP contribution < -0.4 is 17.0 Å². The second-order valence-corrected chi connectivity index (χ2v) is 11.2. The van der Waals surface area contributed by atoms with E-state index in [0.29, 0.717) is 0 Å². The van der Waals surface area contributed by atoms with Crippen LogP contribution in [0.1, 0.15) is 24.6 Å². The number of phosphoric acid groups is 3. The van der Waals surface area contributed by atoms with Crippen molar-refractivity contribution in [3.63, 3.8) is 0 Å². The third kappa shape index (κ3) is 9.48. The van der Waals surface area contributed by atoms with Crippen LogP contribution >= 0.6 is 23.5 Å². The highest BCUT2D eigenvalue weighted by Crippen LogP contribution is 2.66. The minimum Gasteiger partial charge on any atom is -0.374 e. The van der Waals surface area contributed by atoms with Gasteiger partial charge in [-0.2, -0.15) is 13.9 Å². The summed E-state index contributed by atoms with van der Waals surface area (Å²) in [6.07, 6.45) is -2.31. The minimum absolute atomic E-state index is 0.0405. The number of nitriles is 1. The number of H-pyrrole nitrogens is 1. The number of rotatable bonds is 11. The molecule has 0 spiro atoms. The van der Waals surface area contributed by atoms with Gasteiger partial charge in [0.1, 0.15) is 17.9 Å². The van der Waals surface area contributed by atoms with Crippen LogP contribution in [0.25, 0.3) is 0 Å². The van der Waals surface area contributed by atoms with E-state index in [1.165, 1.54) is 0 Å². The first-order chi connectivity index (χ1) is 16.7. The Morgan fingerprint density at radius 1 is 1.19 bits per heavy atom. The summed E-state index contributed by atoms with van der Waals surface area (Å²) >= 11 is 0. The number of aromatic amines is 1. The molecule has 18 nitrogen and oxygen atoms in total. The van der Waals surface area contributed by atoms with Gasteiger partial charge in [0, 0.05) is 12.6 Å². The highest BCUT2D eigenvalue weighted by molar-refractivity contribution is 7.66. The lowest BCUT2D eigenvalue weighted by Crippen LogP contribution is -2.33. The van der Waals surface area contributed by atoms with E-state index in [-0.39, 0.29) is 31.6 Å². The Morgan fingerprint density at radius 2 is 1.89 bits per heavy atom. The lowest BCUT2D eigenvalue weighted by molar-refractivity contribution is -0.0603. The molecule has 2 rings (SSSR count). The molecule has 1 aliphatic rings. The molecule has 5 unspecified atom stereocenters. The molecule has 36 heavy (non-hydrogen) atoms. The van der Waals surface area contributed by atoms with Crippen molar-refractivity contribution in [2.45, 2.75) is 31.3 Å². The van der Waals surface area contributed by atoms with Crippen LogP contribution in [-0.2, 0) is 36.3 Å². The van der Waals surface area contributed by atoms with Crippen molar-refractivity contribution in [1.29, 1.82) is 5.26 Å². The van der Waals surface area contributed by atoms with Crippen molar-refractivity contribution >= 4 is 23.5 Å². The van der Waals surface area contributed by atoms with Gasteiger partial charge in [0.2, 0.25) is 0 Å². The normalized spacial score (nSPS) is 23.2. The number of ether oxygens (including phenoxy) is 2. The number of nitrogens with one attached hydrogen (secondary N) is 1. The highest BCUT2D eigenvalue weighted by Gasteiger charge is 2.43. The van der Waals surface area contributed by atoms with Crippen LogP contribution in [-0.4, -0.2) is 61.1 Å². The standard InChI is InChI=1S/C15H21N4O14P3/c16-4-1-3-10-8-19(15(21)18-14(10)20)13-7-11(29-6-2-5-17)12(31-13)9-30-35(25,26)33-36(27,28)32-34(22,23)24/h8,11-13H,2,4,6-7,9,16H2,(H,25,26)(H,27,28)(H,18,20,21)(H2,22,23,24). The summed E-state index contributed by atoms with van der Waals surface area (Å²) in [7, 11) is -16.8. The molecule has 2 heterocycles. The Labute approximate surface area is 202 Å². The molecule has 0 aliphatic carbocycles. The van der Waals surface area contributed by atoms with E-state index in [1.807, 2.05) is 11.1 Å². The van der Waals surface area contributed by atoms with Gasteiger partial charge in [-0.05, 0) is 0 Å². The lowest BCUT2D eigenvalue weighted by Gasteiger charge is -2.21. The van der Waals surface area contributed by atoms with E-state index in [2.05, 4.69) is 25.0 Å². The molecule has 0 aromatic carbocycles. The number of nitrogens with two attached hydrogens (primary N) is 1. The first-order valence-corrected chi connectivity index (χ1v) is 14.2. The van der Waals surface area contributed by atoms with Gasteiger partial charge in [-0.15, -0.1) is 0 Å². The smallest absolute Gasteiger partial charge is 0.374 e. The van der Waals surface area contributed by atoms with Crippen LogP contribution in [0.15, 0.2) is 15.8 Å². The Hall–Kier alpha value is -1.98. The van der Waals surface area contributed by atoms with E-state index in [0.717, 1.165) is 10.8 Å². The van der Waals surface area contributed by atoms with Gasteiger partial charge in [-0.3, -0.25) is 18.9 Å². The summed E-state index contributed by atoms with van der Waals surface area (Å²) in [6, 6.07) is 1.83. The first-order valence-electron chi connectivity index (χ1n) is 9.63. The quantitative estimate of drug-likeness (QED) is 0.103. The van der Waals surface area contributed by atoms with Gasteiger partial charge in [-0.25, -0.2) is 18.5 Å². The summed E-state index contributed by atoms with van der Waals surface area (Å²) in [5.74, 6) is 4.94. The zero-order valence-electron chi connectivity index (χ0n) is 18.0. The van der Waals surface area contributed by atoms with Crippen LogP contribution in [0.4, 0.5) is 0 Å². The van der Waals surface area contributed by atoms with Gasteiger partial charge in [0.15, 0.2) is 0 Å². The van der Waals surface area contributed by atoms with Gasteiger partial charge in [0.05, 0.1) is 38.4 Å². The van der Waals surface area contributed by atoms with Crippen molar-refractivity contribution in [1.82, 2.24) is 9.55 Å². The fraction of sp³-hybridized carbons (Fsp3) is 0.533. The molecule has 1 aromatic heterocycles. The maximum atomic E-state index is 12.3. The van der Waals surface area contributed by atoms with Crippen molar-refractivity contribution in [3.05, 3.63) is 32.6 Å². The predicted octanol–water partition coefficient (Wildman–Crippen LogP) is -1.22. The molecule has 1 saturated heterocycles. The molecule has 5 atom stereocenters. The summed E-state index contributed by atoms with van der Waals surface area (Å²) in [5.41, 5.74) is 3.51. The van der Waals surface area contributed by atoms with Crippen LogP contribution in [0.3, 0.4) is 0 Å². The number of hydrogen-bond donors (Lipinski definition) is 6. The highest BCUT2D eigenvalue weighted by atomic mass is 31.3. The number of aromatic nitrogens is 2. The summed E-state index contributed by atoms with van der Waals surface area (Å²) < 4.78 is 58.2. The van der Waals surface area contributed by atoms with Crippen molar-refractivity contribution in [3.8, 4) is 17.9 Å². The zero-order chi connectivity index (χ0) is 27.1. The van der Waals surface area contributed by atoms with E-state index >= 15 is 0 Å². The molecule has 0 amide bonds. The Kier molecular flexibility index (Phi) is 10.5. The van der Waals surface area contributed by atoms with E-state index in [9.17, 15) is 33.1 Å². The molecule has 0 bridgehead atoms. The average molecular weight is 574 g/mol. The molecular formula is C15H21N4O14P3. The molecule has 200 valence electrons. The van der Waals surface area contributed by atoms with E-state index < -0.39 is 59.8 Å². The maximum absolute atomic E-state index is 12.3. The second kappa shape index (κ2) is 12.5. The average Bonchev–Trinajstić information content (AvgIpc) is 3.12. The van der Waals surface area contributed by atoms with Gasteiger partial charge < -0.3 is 34.8 Å². The Morgan fingerprint density at radius 3 is 2.50 bits per heavy atom. The number of hydrogen-bond acceptors (Lipinski definition) is 12. The second-order valence-electron chi connectivity index (χ2n) is 6.78. The molecule has 0 radical (unpaired) electrons. The molecule has 7 N–H and O–H groups in total. The molecule has 1 aliphatic heterocycles. The van der Waals surface area contributed by atoms with Crippen LogP contribution in [0.5, 0.6) is 0 Å². The van der Waals surface area contributed by atoms with Crippen molar-refractivity contribution < 1.29 is 55.9 Å². The topological polar surface area (TPSA) is 283 Å². The Bertz CT molecular complexity index is 1300. The van der Waals surface area contributed by atoms with Crippen LogP contribution in [0.2, 0.25) is 0 Å². The molecule has 0 saturated carbocycles. The fourth-order valence-electron chi connectivity index (χ4n) is 2.86. The van der Waals surface area contributed by atoms with Gasteiger partial charge in [0.25, 0.3) is 5.56 Å². The number of phosphoric ester groups is 1. The summed E-state index contributed by atoms with van der Waals surface area (Å²) in [6.45, 7) is -1.01. The van der Waals surface area contributed by atoms with Crippen LogP contribution in [0, 0.1) is 23.2 Å².